The van der Waals surface area contributed by atoms with Crippen molar-refractivity contribution >= 4 is 5.69 Å². The van der Waals surface area contributed by atoms with Gasteiger partial charge in [0.1, 0.15) is 0 Å². The van der Waals surface area contributed by atoms with Gasteiger partial charge in [0.25, 0.3) is 5.69 Å². The molecule has 0 aliphatic rings. The van der Waals surface area contributed by atoms with Crippen LogP contribution in [0.2, 0.25) is 0 Å². The monoisotopic (exact) mass is 214 g/mol. The molecule has 0 aliphatic heterocycles. The second kappa shape index (κ2) is 4.11. The molecule has 1 rings (SSSR count). The van der Waals surface area contributed by atoms with Gasteiger partial charge in [-0.25, -0.2) is 0 Å². The van der Waals surface area contributed by atoms with Gasteiger partial charge in [0.05, 0.1) is 29.2 Å². The summed E-state index contributed by atoms with van der Waals surface area (Å²) in [6.07, 6.45) is 0. The average molecular weight is 214 g/mol. The highest BCUT2D eigenvalue weighted by Gasteiger charge is 2.21. The Morgan fingerprint density at radius 2 is 1.93 bits per heavy atom. The van der Waals surface area contributed by atoms with E-state index in [-0.39, 0.29) is 5.56 Å². The first-order chi connectivity index (χ1) is 6.97. The summed E-state index contributed by atoms with van der Waals surface area (Å²) in [4.78, 5) is 9.84. The minimum atomic E-state index is -0.975. The average Bonchev–Trinajstić information content (AvgIpc) is 2.20. The minimum Gasteiger partial charge on any atom is -0.504 e. The van der Waals surface area contributed by atoms with E-state index in [0.717, 1.165) is 12.1 Å². The summed E-state index contributed by atoms with van der Waals surface area (Å²) >= 11 is 0. The summed E-state index contributed by atoms with van der Waals surface area (Å²) < 4.78 is 0. The van der Waals surface area contributed by atoms with Crippen LogP contribution in [0.4, 0.5) is 5.69 Å². The van der Waals surface area contributed by atoms with Crippen LogP contribution in [0, 0.1) is 10.1 Å². The number of nitrogens with zero attached hydrogens (tertiary/aromatic N) is 1. The highest BCUT2D eigenvalue weighted by molar-refractivity contribution is 5.54. The van der Waals surface area contributed by atoms with Crippen LogP contribution in [0.3, 0.4) is 0 Å². The van der Waals surface area contributed by atoms with Gasteiger partial charge in [0.2, 0.25) is 0 Å². The van der Waals surface area contributed by atoms with Crippen molar-refractivity contribution in [3.8, 4) is 11.5 Å². The van der Waals surface area contributed by atoms with Crippen molar-refractivity contribution in [2.45, 2.75) is 6.04 Å². The van der Waals surface area contributed by atoms with Crippen molar-refractivity contribution in [3.63, 3.8) is 0 Å². The van der Waals surface area contributed by atoms with Crippen molar-refractivity contribution in [1.29, 1.82) is 0 Å². The summed E-state index contributed by atoms with van der Waals surface area (Å²) in [6.45, 7) is -0.495. The lowest BCUT2D eigenvalue weighted by molar-refractivity contribution is -0.385. The summed E-state index contributed by atoms with van der Waals surface area (Å²) in [7, 11) is 0. The molecule has 0 spiro atoms. The van der Waals surface area contributed by atoms with Gasteiger partial charge in [0.15, 0.2) is 11.5 Å². The predicted octanol–water partition coefficient (Wildman–Crippen LogP) is -0.00190. The molecule has 0 aliphatic carbocycles. The number of rotatable bonds is 3. The van der Waals surface area contributed by atoms with Crippen LogP contribution in [0.15, 0.2) is 12.1 Å². The summed E-state index contributed by atoms with van der Waals surface area (Å²) in [6, 6.07) is 0.783. The lowest BCUT2D eigenvalue weighted by atomic mass is 10.1. The Labute approximate surface area is 84.5 Å². The number of hydrogen-bond acceptors (Lipinski definition) is 6. The van der Waals surface area contributed by atoms with Crippen molar-refractivity contribution in [2.24, 2.45) is 5.73 Å². The molecule has 82 valence electrons. The van der Waals surface area contributed by atoms with Crippen LogP contribution in [-0.4, -0.2) is 26.8 Å². The van der Waals surface area contributed by atoms with Gasteiger partial charge < -0.3 is 21.1 Å². The maximum atomic E-state index is 10.6. The van der Waals surface area contributed by atoms with Crippen LogP contribution < -0.4 is 5.73 Å². The fourth-order valence-electron chi connectivity index (χ4n) is 1.14. The summed E-state index contributed by atoms with van der Waals surface area (Å²) in [5.74, 6) is -1.12. The first-order valence-corrected chi connectivity index (χ1v) is 4.04. The normalized spacial score (nSPS) is 12.4. The number of nitro groups is 1. The molecule has 1 aromatic carbocycles. The molecule has 15 heavy (non-hydrogen) atoms. The Hall–Kier alpha value is -1.86. The number of benzene rings is 1. The van der Waals surface area contributed by atoms with Crippen molar-refractivity contribution in [1.82, 2.24) is 0 Å². The zero-order chi connectivity index (χ0) is 11.6. The number of nitro benzene ring substituents is 1. The van der Waals surface area contributed by atoms with E-state index in [1.54, 1.807) is 0 Å². The highest BCUT2D eigenvalue weighted by atomic mass is 16.6. The van der Waals surface area contributed by atoms with E-state index in [9.17, 15) is 10.1 Å². The van der Waals surface area contributed by atoms with Gasteiger partial charge in [-0.1, -0.05) is 0 Å². The molecule has 0 aromatic heterocycles. The predicted molar refractivity (Wildman–Crippen MR) is 50.4 cm³/mol. The Morgan fingerprint density at radius 1 is 1.40 bits per heavy atom. The molecule has 1 atom stereocenters. The van der Waals surface area contributed by atoms with Gasteiger partial charge in [-0.15, -0.1) is 0 Å². The molecule has 0 saturated heterocycles. The lowest BCUT2D eigenvalue weighted by Crippen LogP contribution is -2.16. The van der Waals surface area contributed by atoms with Gasteiger partial charge >= 0.3 is 0 Å². The fourth-order valence-corrected chi connectivity index (χ4v) is 1.14. The van der Waals surface area contributed by atoms with E-state index >= 15 is 0 Å². The molecule has 7 heteroatoms. The Balaban J connectivity index is 3.34. The van der Waals surface area contributed by atoms with Crippen LogP contribution >= 0.6 is 0 Å². The lowest BCUT2D eigenvalue weighted by Gasteiger charge is -2.10. The number of phenolic OH excluding ortho intramolecular Hbond substituents is 2. The Kier molecular flexibility index (Phi) is 3.08. The Morgan fingerprint density at radius 3 is 2.40 bits per heavy atom. The molecule has 1 aromatic rings. The maximum absolute atomic E-state index is 10.6. The van der Waals surface area contributed by atoms with Crippen molar-refractivity contribution < 1.29 is 20.2 Å². The van der Waals surface area contributed by atoms with Crippen molar-refractivity contribution in [3.05, 3.63) is 27.8 Å². The molecule has 0 heterocycles. The molecule has 0 amide bonds. The summed E-state index contributed by atoms with van der Waals surface area (Å²) in [5, 5.41) is 37.6. The maximum Gasteiger partial charge on any atom is 0.278 e. The zero-order valence-corrected chi connectivity index (χ0v) is 7.62. The van der Waals surface area contributed by atoms with Gasteiger partial charge in [0, 0.05) is 0 Å². The first-order valence-electron chi connectivity index (χ1n) is 4.04. The number of hydrogen-bond donors (Lipinski definition) is 4. The third kappa shape index (κ3) is 2.14. The molecule has 0 bridgehead atoms. The van der Waals surface area contributed by atoms with Gasteiger partial charge in [-0.2, -0.15) is 0 Å². The van der Waals surface area contributed by atoms with E-state index in [4.69, 9.17) is 21.1 Å². The molecule has 5 N–H and O–H groups in total. The standard InChI is InChI=1S/C8H10N2O5/c9-5(3-11)4-1-7(12)8(13)2-6(4)10(14)15/h1-2,5,11-13H,3,9H2/t5-/m0/s1. The second-order valence-corrected chi connectivity index (χ2v) is 2.95. The summed E-state index contributed by atoms with van der Waals surface area (Å²) in [5.41, 5.74) is 4.94. The van der Waals surface area contributed by atoms with Crippen LogP contribution in [0.1, 0.15) is 11.6 Å². The molecular formula is C8H10N2O5. The fraction of sp³-hybridized carbons (Fsp3) is 0.250. The van der Waals surface area contributed by atoms with Crippen molar-refractivity contribution in [2.75, 3.05) is 6.61 Å². The SMILES string of the molecule is N[C@@H](CO)c1cc(O)c(O)cc1[N+](=O)[O-]. The largest absolute Gasteiger partial charge is 0.504 e. The van der Waals surface area contributed by atoms with E-state index < -0.39 is 34.8 Å². The second-order valence-electron chi connectivity index (χ2n) is 2.95. The molecule has 0 radical (unpaired) electrons. The van der Waals surface area contributed by atoms with E-state index in [2.05, 4.69) is 0 Å². The number of aliphatic hydroxyl groups excluding tert-OH is 1. The number of phenols is 2. The topological polar surface area (TPSA) is 130 Å². The minimum absolute atomic E-state index is 0.0298. The zero-order valence-electron chi connectivity index (χ0n) is 7.62. The van der Waals surface area contributed by atoms with E-state index in [0.29, 0.717) is 0 Å². The van der Waals surface area contributed by atoms with E-state index in [1.807, 2.05) is 0 Å². The van der Waals surface area contributed by atoms with Crippen LogP contribution in [0.25, 0.3) is 0 Å². The molecule has 7 nitrogen and oxygen atoms in total. The number of aliphatic hydroxyl groups is 1. The van der Waals surface area contributed by atoms with Gasteiger partial charge in [-0.05, 0) is 6.07 Å². The number of nitrogens with two attached hydrogens (primary N) is 1. The van der Waals surface area contributed by atoms with Crippen LogP contribution in [0.5, 0.6) is 11.5 Å². The van der Waals surface area contributed by atoms with Gasteiger partial charge in [-0.3, -0.25) is 10.1 Å². The highest BCUT2D eigenvalue weighted by Crippen LogP contribution is 2.34. The smallest absolute Gasteiger partial charge is 0.278 e. The molecular weight excluding hydrogens is 204 g/mol. The Bertz CT molecular complexity index is 393. The molecule has 0 unspecified atom stereocenters. The number of aromatic hydroxyl groups is 2. The molecule has 0 saturated carbocycles. The third-order valence-corrected chi connectivity index (χ3v) is 1.92. The third-order valence-electron chi connectivity index (χ3n) is 1.92. The van der Waals surface area contributed by atoms with Crippen LogP contribution in [-0.2, 0) is 0 Å². The van der Waals surface area contributed by atoms with E-state index in [1.165, 1.54) is 0 Å². The molecule has 0 fully saturated rings. The first kappa shape index (κ1) is 11.2. The quantitative estimate of drug-likeness (QED) is 0.318.